The van der Waals surface area contributed by atoms with Crippen LogP contribution in [-0.2, 0) is 0 Å². The molecule has 0 saturated carbocycles. The predicted molar refractivity (Wildman–Crippen MR) is 80.2 cm³/mol. The zero-order valence-electron chi connectivity index (χ0n) is 11.2. The molecule has 2 heterocycles. The monoisotopic (exact) mass is 281 g/mol. The Balaban J connectivity index is 2.36. The van der Waals surface area contributed by atoms with Crippen LogP contribution in [0.5, 0.6) is 5.75 Å². The molecule has 1 unspecified atom stereocenters. The highest BCUT2D eigenvalue weighted by Crippen LogP contribution is 2.35. The minimum absolute atomic E-state index is 0.286. The number of nitrogens with one attached hydrogen (secondary N) is 1. The van der Waals surface area contributed by atoms with Gasteiger partial charge in [-0.15, -0.1) is 22.7 Å². The molecule has 0 aliphatic carbocycles. The van der Waals surface area contributed by atoms with E-state index in [0.717, 1.165) is 12.3 Å². The molecule has 0 aliphatic rings. The summed E-state index contributed by atoms with van der Waals surface area (Å²) in [7, 11) is 1.72. The lowest BCUT2D eigenvalue weighted by Crippen LogP contribution is -2.21. The number of hydrogen-bond acceptors (Lipinski definition) is 4. The molecule has 18 heavy (non-hydrogen) atoms. The van der Waals surface area contributed by atoms with Gasteiger partial charge >= 0.3 is 0 Å². The first-order chi connectivity index (χ1) is 8.65. The van der Waals surface area contributed by atoms with Crippen LogP contribution in [0.15, 0.2) is 17.5 Å². The third kappa shape index (κ3) is 2.76. The minimum Gasteiger partial charge on any atom is -0.496 e. The second-order valence-corrected chi connectivity index (χ2v) is 6.65. The van der Waals surface area contributed by atoms with Crippen LogP contribution in [0.2, 0.25) is 0 Å². The van der Waals surface area contributed by atoms with Crippen LogP contribution in [0, 0.1) is 13.8 Å². The number of rotatable bonds is 5. The molecule has 1 N–H and O–H groups in total. The third-order valence-corrected chi connectivity index (χ3v) is 4.87. The van der Waals surface area contributed by atoms with Gasteiger partial charge in [0.25, 0.3) is 0 Å². The van der Waals surface area contributed by atoms with Crippen LogP contribution in [-0.4, -0.2) is 13.7 Å². The normalized spacial score (nSPS) is 12.7. The summed E-state index contributed by atoms with van der Waals surface area (Å²) in [6.07, 6.45) is 0. The second-order valence-electron chi connectivity index (χ2n) is 4.25. The average molecular weight is 281 g/mol. The molecule has 0 saturated heterocycles. The molecule has 0 spiro atoms. The molecule has 2 aromatic rings. The van der Waals surface area contributed by atoms with Gasteiger partial charge in [-0.3, -0.25) is 0 Å². The molecule has 0 radical (unpaired) electrons. The van der Waals surface area contributed by atoms with E-state index in [1.54, 1.807) is 18.4 Å². The minimum atomic E-state index is 0.286. The van der Waals surface area contributed by atoms with E-state index < -0.39 is 0 Å². The van der Waals surface area contributed by atoms with Crippen molar-refractivity contribution in [2.45, 2.75) is 26.8 Å². The van der Waals surface area contributed by atoms with E-state index in [4.69, 9.17) is 4.74 Å². The SMILES string of the molecule is CCNC(c1cc(OC)cs1)c1cc(C)sc1C. The fourth-order valence-electron chi connectivity index (χ4n) is 2.10. The Hall–Kier alpha value is -0.840. The Kier molecular flexibility index (Phi) is 4.43. The summed E-state index contributed by atoms with van der Waals surface area (Å²) in [5.41, 5.74) is 1.39. The summed E-state index contributed by atoms with van der Waals surface area (Å²) in [5.74, 6) is 0.947. The number of thiophene rings is 2. The number of methoxy groups -OCH3 is 1. The van der Waals surface area contributed by atoms with Crippen molar-refractivity contribution in [3.05, 3.63) is 37.7 Å². The van der Waals surface area contributed by atoms with Gasteiger partial charge < -0.3 is 10.1 Å². The van der Waals surface area contributed by atoms with Gasteiger partial charge in [-0.1, -0.05) is 6.92 Å². The number of aryl methyl sites for hydroxylation is 2. The Morgan fingerprint density at radius 2 is 2.11 bits per heavy atom. The van der Waals surface area contributed by atoms with E-state index in [9.17, 15) is 0 Å². The highest BCUT2D eigenvalue weighted by Gasteiger charge is 2.19. The zero-order chi connectivity index (χ0) is 13.1. The Morgan fingerprint density at radius 3 is 2.61 bits per heavy atom. The molecule has 0 bridgehead atoms. The Bertz CT molecular complexity index is 516. The summed E-state index contributed by atoms with van der Waals surface area (Å²) in [4.78, 5) is 4.08. The van der Waals surface area contributed by atoms with Crippen LogP contribution >= 0.6 is 22.7 Å². The van der Waals surface area contributed by atoms with E-state index in [2.05, 4.69) is 43.6 Å². The molecule has 2 aromatic heterocycles. The fraction of sp³-hybridized carbons (Fsp3) is 0.429. The van der Waals surface area contributed by atoms with Crippen molar-refractivity contribution >= 4 is 22.7 Å². The Labute approximate surface area is 117 Å². The summed E-state index contributed by atoms with van der Waals surface area (Å²) >= 11 is 3.62. The van der Waals surface area contributed by atoms with Gasteiger partial charge in [-0.2, -0.15) is 0 Å². The molecule has 2 rings (SSSR count). The molecule has 4 heteroatoms. The molecule has 1 atom stereocenters. The second kappa shape index (κ2) is 5.87. The first-order valence-corrected chi connectivity index (χ1v) is 7.78. The van der Waals surface area contributed by atoms with Crippen molar-refractivity contribution in [1.82, 2.24) is 5.32 Å². The summed E-state index contributed by atoms with van der Waals surface area (Å²) in [6, 6.07) is 4.71. The first-order valence-electron chi connectivity index (χ1n) is 6.08. The lowest BCUT2D eigenvalue weighted by Gasteiger charge is -2.16. The van der Waals surface area contributed by atoms with Crippen molar-refractivity contribution in [1.29, 1.82) is 0 Å². The number of hydrogen-bond donors (Lipinski definition) is 1. The molecule has 0 aliphatic heterocycles. The lowest BCUT2D eigenvalue weighted by molar-refractivity contribution is 0.416. The van der Waals surface area contributed by atoms with Gasteiger partial charge in [-0.05, 0) is 38.1 Å². The van der Waals surface area contributed by atoms with E-state index in [0.29, 0.717) is 0 Å². The lowest BCUT2D eigenvalue weighted by atomic mass is 10.1. The molecule has 0 fully saturated rings. The first kappa shape index (κ1) is 13.6. The van der Waals surface area contributed by atoms with Crippen LogP contribution in [0.3, 0.4) is 0 Å². The van der Waals surface area contributed by atoms with Crippen molar-refractivity contribution in [2.75, 3.05) is 13.7 Å². The van der Waals surface area contributed by atoms with Gasteiger partial charge in [0.1, 0.15) is 5.75 Å². The van der Waals surface area contributed by atoms with Gasteiger partial charge in [-0.25, -0.2) is 0 Å². The molecule has 0 aromatic carbocycles. The van der Waals surface area contributed by atoms with Gasteiger partial charge in [0.05, 0.1) is 13.2 Å². The largest absolute Gasteiger partial charge is 0.496 e. The maximum atomic E-state index is 5.28. The van der Waals surface area contributed by atoms with Crippen molar-refractivity contribution in [3.63, 3.8) is 0 Å². The average Bonchev–Trinajstić information content (AvgIpc) is 2.93. The van der Waals surface area contributed by atoms with Crippen LogP contribution < -0.4 is 10.1 Å². The van der Waals surface area contributed by atoms with Crippen LogP contribution in [0.4, 0.5) is 0 Å². The van der Waals surface area contributed by atoms with E-state index in [-0.39, 0.29) is 6.04 Å². The van der Waals surface area contributed by atoms with E-state index in [1.165, 1.54) is 20.2 Å². The molecular weight excluding hydrogens is 262 g/mol. The van der Waals surface area contributed by atoms with Gasteiger partial charge in [0.15, 0.2) is 0 Å². The summed E-state index contributed by atoms with van der Waals surface area (Å²) < 4.78 is 5.28. The maximum Gasteiger partial charge on any atom is 0.129 e. The van der Waals surface area contributed by atoms with Crippen molar-refractivity contribution in [3.8, 4) is 5.75 Å². The molecule has 0 amide bonds. The smallest absolute Gasteiger partial charge is 0.129 e. The molecule has 98 valence electrons. The quantitative estimate of drug-likeness (QED) is 0.889. The Morgan fingerprint density at radius 1 is 1.33 bits per heavy atom. The van der Waals surface area contributed by atoms with Crippen LogP contribution in [0.25, 0.3) is 0 Å². The maximum absolute atomic E-state index is 5.28. The summed E-state index contributed by atoms with van der Waals surface area (Å²) in [5, 5.41) is 5.63. The highest BCUT2D eigenvalue weighted by atomic mass is 32.1. The zero-order valence-corrected chi connectivity index (χ0v) is 12.9. The summed E-state index contributed by atoms with van der Waals surface area (Å²) in [6.45, 7) is 7.47. The molecule has 2 nitrogen and oxygen atoms in total. The standard InChI is InChI=1S/C14H19NOS2/c1-5-15-14(12-6-9(2)18-10(12)3)13-7-11(16-4)8-17-13/h6-8,14-15H,5H2,1-4H3. The molecular formula is C14H19NOS2. The number of ether oxygens (including phenoxy) is 1. The third-order valence-electron chi connectivity index (χ3n) is 2.91. The fourth-order valence-corrected chi connectivity index (χ4v) is 4.01. The van der Waals surface area contributed by atoms with Gasteiger partial charge in [0.2, 0.25) is 0 Å². The van der Waals surface area contributed by atoms with Gasteiger partial charge in [0, 0.05) is 20.0 Å². The van der Waals surface area contributed by atoms with Crippen molar-refractivity contribution in [2.24, 2.45) is 0 Å². The predicted octanol–water partition coefficient (Wildman–Crippen LogP) is 4.13. The van der Waals surface area contributed by atoms with Crippen molar-refractivity contribution < 1.29 is 4.74 Å². The van der Waals surface area contributed by atoms with E-state index >= 15 is 0 Å². The highest BCUT2D eigenvalue weighted by molar-refractivity contribution is 7.12. The topological polar surface area (TPSA) is 21.3 Å². The van der Waals surface area contributed by atoms with E-state index in [1.807, 2.05) is 11.3 Å². The van der Waals surface area contributed by atoms with Crippen LogP contribution in [0.1, 0.15) is 33.2 Å².